The molecule has 1 aromatic heterocycles. The van der Waals surface area contributed by atoms with Gasteiger partial charge in [0.15, 0.2) is 0 Å². The molecule has 2 aliphatic rings. The zero-order chi connectivity index (χ0) is 13.4. The van der Waals surface area contributed by atoms with Crippen LogP contribution in [0.25, 0.3) is 0 Å². The first-order valence-corrected chi connectivity index (χ1v) is 7.34. The quantitative estimate of drug-likeness (QED) is 0.669. The van der Waals surface area contributed by atoms with Gasteiger partial charge < -0.3 is 10.5 Å². The van der Waals surface area contributed by atoms with Gasteiger partial charge in [-0.1, -0.05) is 11.3 Å². The van der Waals surface area contributed by atoms with Crippen LogP contribution < -0.4 is 5.73 Å². The van der Waals surface area contributed by atoms with E-state index in [0.29, 0.717) is 19.2 Å². The summed E-state index contributed by atoms with van der Waals surface area (Å²) in [4.78, 5) is 13.9. The molecule has 1 aliphatic heterocycles. The van der Waals surface area contributed by atoms with E-state index in [2.05, 4.69) is 4.90 Å². The summed E-state index contributed by atoms with van der Waals surface area (Å²) < 4.78 is 5.74. The Labute approximate surface area is 115 Å². The molecule has 19 heavy (non-hydrogen) atoms. The fourth-order valence-corrected chi connectivity index (χ4v) is 3.71. The predicted molar refractivity (Wildman–Crippen MR) is 72.2 cm³/mol. The number of nitro groups is 1. The van der Waals surface area contributed by atoms with Crippen LogP contribution in [-0.4, -0.2) is 41.7 Å². The maximum atomic E-state index is 10.8. The molecule has 2 heterocycles. The predicted octanol–water partition coefficient (Wildman–Crippen LogP) is 1.52. The summed E-state index contributed by atoms with van der Waals surface area (Å²) in [5.41, 5.74) is 5.80. The second kappa shape index (κ2) is 5.16. The second-order valence-electron chi connectivity index (χ2n) is 4.99. The van der Waals surface area contributed by atoms with E-state index < -0.39 is 0 Å². The molecule has 1 saturated heterocycles. The second-order valence-corrected chi connectivity index (χ2v) is 6.09. The summed E-state index contributed by atoms with van der Waals surface area (Å²) in [5, 5.41) is 11.0. The van der Waals surface area contributed by atoms with E-state index in [-0.39, 0.29) is 22.1 Å². The minimum absolute atomic E-state index is 0.0624. The number of rotatable bonds is 4. The van der Waals surface area contributed by atoms with Crippen molar-refractivity contribution < 1.29 is 9.66 Å². The largest absolute Gasteiger partial charge is 0.374 e. The van der Waals surface area contributed by atoms with Crippen LogP contribution in [0.1, 0.15) is 23.8 Å². The Balaban J connectivity index is 1.88. The zero-order valence-corrected chi connectivity index (χ0v) is 11.3. The molecule has 7 heteroatoms. The van der Waals surface area contributed by atoms with Crippen molar-refractivity contribution in [1.29, 1.82) is 0 Å². The van der Waals surface area contributed by atoms with Crippen molar-refractivity contribution >= 4 is 16.3 Å². The van der Waals surface area contributed by atoms with Crippen molar-refractivity contribution in [3.05, 3.63) is 27.1 Å². The van der Waals surface area contributed by atoms with Gasteiger partial charge in [-0.3, -0.25) is 15.0 Å². The molecule has 2 N–H and O–H groups in total. The van der Waals surface area contributed by atoms with Gasteiger partial charge in [0.05, 0.1) is 23.7 Å². The maximum Gasteiger partial charge on any atom is 0.324 e. The standard InChI is InChI=1S/C12H17N3O3S/c13-7-9-12(10-3-4-11(19-10)15(16)17)14(5-6-18-9)8-1-2-8/h3-4,8-9,12H,1-2,5-7,13H2. The summed E-state index contributed by atoms with van der Waals surface area (Å²) in [6, 6.07) is 4.10. The molecule has 0 aromatic carbocycles. The van der Waals surface area contributed by atoms with Crippen molar-refractivity contribution in [2.24, 2.45) is 5.73 Å². The van der Waals surface area contributed by atoms with E-state index >= 15 is 0 Å². The van der Waals surface area contributed by atoms with Crippen LogP contribution in [-0.2, 0) is 4.74 Å². The highest BCUT2D eigenvalue weighted by atomic mass is 32.1. The van der Waals surface area contributed by atoms with Gasteiger partial charge in [-0.2, -0.15) is 0 Å². The molecule has 3 rings (SSSR count). The Morgan fingerprint density at radius 1 is 1.53 bits per heavy atom. The van der Waals surface area contributed by atoms with Crippen LogP contribution in [0, 0.1) is 10.1 Å². The molecule has 2 atom stereocenters. The van der Waals surface area contributed by atoms with Gasteiger partial charge in [-0.05, 0) is 18.9 Å². The first-order chi connectivity index (χ1) is 9.20. The van der Waals surface area contributed by atoms with Gasteiger partial charge in [0.2, 0.25) is 0 Å². The Bertz CT molecular complexity index is 475. The van der Waals surface area contributed by atoms with Crippen LogP contribution in [0.15, 0.2) is 12.1 Å². The van der Waals surface area contributed by atoms with E-state index in [9.17, 15) is 10.1 Å². The lowest BCUT2D eigenvalue weighted by atomic mass is 10.1. The third-order valence-electron chi connectivity index (χ3n) is 3.72. The van der Waals surface area contributed by atoms with E-state index in [1.54, 1.807) is 6.07 Å². The van der Waals surface area contributed by atoms with Crippen LogP contribution >= 0.6 is 11.3 Å². The van der Waals surface area contributed by atoms with Gasteiger partial charge in [0.25, 0.3) is 0 Å². The first-order valence-electron chi connectivity index (χ1n) is 6.52. The fraction of sp³-hybridized carbons (Fsp3) is 0.667. The molecular formula is C12H17N3O3S. The number of nitrogens with zero attached hydrogens (tertiary/aromatic N) is 2. The fourth-order valence-electron chi connectivity index (χ4n) is 2.71. The molecule has 104 valence electrons. The van der Waals surface area contributed by atoms with E-state index in [0.717, 1.165) is 11.4 Å². The van der Waals surface area contributed by atoms with Crippen LogP contribution in [0.3, 0.4) is 0 Å². The topological polar surface area (TPSA) is 81.6 Å². The molecule has 1 aliphatic carbocycles. The summed E-state index contributed by atoms with van der Waals surface area (Å²) in [7, 11) is 0. The lowest BCUT2D eigenvalue weighted by Gasteiger charge is -2.40. The number of nitrogens with two attached hydrogens (primary N) is 1. The van der Waals surface area contributed by atoms with Crippen molar-refractivity contribution in [1.82, 2.24) is 4.90 Å². The van der Waals surface area contributed by atoms with Crippen LogP contribution in [0.5, 0.6) is 0 Å². The van der Waals surface area contributed by atoms with E-state index in [4.69, 9.17) is 10.5 Å². The van der Waals surface area contributed by atoms with Crippen molar-refractivity contribution in [2.75, 3.05) is 19.7 Å². The molecular weight excluding hydrogens is 266 g/mol. The maximum absolute atomic E-state index is 10.8. The number of ether oxygens (including phenoxy) is 1. The molecule has 1 saturated carbocycles. The van der Waals surface area contributed by atoms with Gasteiger partial charge in [0.1, 0.15) is 0 Å². The minimum Gasteiger partial charge on any atom is -0.374 e. The van der Waals surface area contributed by atoms with Crippen molar-refractivity contribution in [2.45, 2.75) is 31.0 Å². The SMILES string of the molecule is NCC1OCCN(C2CC2)C1c1ccc([N+](=O)[O-])s1. The van der Waals surface area contributed by atoms with E-state index in [1.807, 2.05) is 6.07 Å². The summed E-state index contributed by atoms with van der Waals surface area (Å²) in [6.07, 6.45) is 2.36. The average molecular weight is 283 g/mol. The molecule has 2 unspecified atom stereocenters. The molecule has 0 bridgehead atoms. The average Bonchev–Trinajstić information content (AvgIpc) is 3.14. The Hall–Kier alpha value is -1.02. The molecule has 0 amide bonds. The lowest BCUT2D eigenvalue weighted by molar-refractivity contribution is -0.380. The zero-order valence-electron chi connectivity index (χ0n) is 10.5. The van der Waals surface area contributed by atoms with Gasteiger partial charge in [-0.15, -0.1) is 0 Å². The van der Waals surface area contributed by atoms with Crippen molar-refractivity contribution in [3.8, 4) is 0 Å². The van der Waals surface area contributed by atoms with Gasteiger partial charge in [-0.25, -0.2) is 0 Å². The van der Waals surface area contributed by atoms with E-state index in [1.165, 1.54) is 24.2 Å². The third-order valence-corrected chi connectivity index (χ3v) is 4.83. The Morgan fingerprint density at radius 3 is 2.89 bits per heavy atom. The molecule has 1 aromatic rings. The normalized spacial score (nSPS) is 28.5. The Morgan fingerprint density at radius 2 is 2.32 bits per heavy atom. The van der Waals surface area contributed by atoms with Gasteiger partial charge in [0, 0.05) is 30.1 Å². The number of thiophene rings is 1. The third kappa shape index (κ3) is 2.51. The van der Waals surface area contributed by atoms with Crippen molar-refractivity contribution in [3.63, 3.8) is 0 Å². The van der Waals surface area contributed by atoms with Crippen LogP contribution in [0.4, 0.5) is 5.00 Å². The molecule has 0 radical (unpaired) electrons. The monoisotopic (exact) mass is 283 g/mol. The summed E-state index contributed by atoms with van der Waals surface area (Å²) in [6.45, 7) is 2.03. The Kier molecular flexibility index (Phi) is 3.53. The van der Waals surface area contributed by atoms with Gasteiger partial charge >= 0.3 is 5.00 Å². The summed E-state index contributed by atoms with van der Waals surface area (Å²) in [5.74, 6) is 0. The first kappa shape index (κ1) is 13.0. The number of hydrogen-bond donors (Lipinski definition) is 1. The molecule has 6 nitrogen and oxygen atoms in total. The highest BCUT2D eigenvalue weighted by Gasteiger charge is 2.41. The number of hydrogen-bond acceptors (Lipinski definition) is 6. The summed E-state index contributed by atoms with van der Waals surface area (Å²) >= 11 is 1.24. The minimum atomic E-state index is -0.337. The van der Waals surface area contributed by atoms with Crippen LogP contribution in [0.2, 0.25) is 0 Å². The molecule has 2 fully saturated rings. The lowest BCUT2D eigenvalue weighted by Crippen LogP contribution is -2.48. The smallest absolute Gasteiger partial charge is 0.324 e. The highest BCUT2D eigenvalue weighted by molar-refractivity contribution is 7.15. The number of morpholine rings is 1. The molecule has 0 spiro atoms. The highest BCUT2D eigenvalue weighted by Crippen LogP contribution is 2.41.